The number of nitrogens with one attached hydrogen (secondary N) is 2. The van der Waals surface area contributed by atoms with Crippen LogP contribution in [0.3, 0.4) is 0 Å². The molecule has 0 radical (unpaired) electrons. The molecule has 0 saturated heterocycles. The summed E-state index contributed by atoms with van der Waals surface area (Å²) in [5.74, 6) is 0. The second-order valence-corrected chi connectivity index (χ2v) is 7.96. The third-order valence-corrected chi connectivity index (χ3v) is 5.80. The molecule has 104 valence electrons. The molecule has 0 amide bonds. The SMILES string of the molecule is CCNCC(C)S(=O)(=O)NCc1cc(C)c(C)s1. The maximum Gasteiger partial charge on any atom is 0.215 e. The average molecular weight is 290 g/mol. The third kappa shape index (κ3) is 4.35. The molecule has 0 spiro atoms. The van der Waals surface area contributed by atoms with E-state index >= 15 is 0 Å². The van der Waals surface area contributed by atoms with Gasteiger partial charge in [0.05, 0.1) is 5.25 Å². The molecule has 1 unspecified atom stereocenters. The van der Waals surface area contributed by atoms with Gasteiger partial charge in [-0.05, 0) is 38.9 Å². The van der Waals surface area contributed by atoms with Crippen molar-refractivity contribution in [2.24, 2.45) is 0 Å². The van der Waals surface area contributed by atoms with Crippen molar-refractivity contribution in [3.05, 3.63) is 21.4 Å². The summed E-state index contributed by atoms with van der Waals surface area (Å²) >= 11 is 1.64. The van der Waals surface area contributed by atoms with E-state index in [1.165, 1.54) is 10.4 Å². The molecule has 6 heteroatoms. The molecule has 4 nitrogen and oxygen atoms in total. The van der Waals surface area contributed by atoms with Crippen LogP contribution >= 0.6 is 11.3 Å². The highest BCUT2D eigenvalue weighted by molar-refractivity contribution is 7.90. The lowest BCUT2D eigenvalue weighted by Gasteiger charge is -2.13. The fraction of sp³-hybridized carbons (Fsp3) is 0.667. The minimum absolute atomic E-state index is 0.387. The molecular weight excluding hydrogens is 268 g/mol. The van der Waals surface area contributed by atoms with Crippen LogP contribution in [0, 0.1) is 13.8 Å². The highest BCUT2D eigenvalue weighted by Gasteiger charge is 2.19. The molecule has 0 fully saturated rings. The smallest absolute Gasteiger partial charge is 0.215 e. The number of aryl methyl sites for hydroxylation is 2. The quantitative estimate of drug-likeness (QED) is 0.805. The van der Waals surface area contributed by atoms with Crippen molar-refractivity contribution in [1.29, 1.82) is 0 Å². The van der Waals surface area contributed by atoms with E-state index in [1.807, 2.05) is 26.8 Å². The first-order valence-electron chi connectivity index (χ1n) is 6.12. The van der Waals surface area contributed by atoms with Crippen LogP contribution < -0.4 is 10.0 Å². The van der Waals surface area contributed by atoms with E-state index in [9.17, 15) is 8.42 Å². The van der Waals surface area contributed by atoms with Crippen LogP contribution in [0.4, 0.5) is 0 Å². The minimum Gasteiger partial charge on any atom is -0.316 e. The van der Waals surface area contributed by atoms with Gasteiger partial charge in [0.15, 0.2) is 0 Å². The molecule has 1 atom stereocenters. The number of hydrogen-bond acceptors (Lipinski definition) is 4. The van der Waals surface area contributed by atoms with E-state index < -0.39 is 15.3 Å². The molecule has 1 rings (SSSR count). The molecule has 0 aromatic carbocycles. The van der Waals surface area contributed by atoms with Gasteiger partial charge >= 0.3 is 0 Å². The van der Waals surface area contributed by atoms with Crippen LogP contribution in [0.2, 0.25) is 0 Å². The van der Waals surface area contributed by atoms with Crippen LogP contribution in [0.5, 0.6) is 0 Å². The minimum atomic E-state index is -3.24. The molecule has 0 saturated carbocycles. The fourth-order valence-electron chi connectivity index (χ4n) is 1.51. The van der Waals surface area contributed by atoms with E-state index in [4.69, 9.17) is 0 Å². The largest absolute Gasteiger partial charge is 0.316 e. The average Bonchev–Trinajstić information content (AvgIpc) is 2.63. The summed E-state index contributed by atoms with van der Waals surface area (Å²) in [5, 5.41) is 2.63. The Morgan fingerprint density at radius 1 is 1.39 bits per heavy atom. The maximum absolute atomic E-state index is 12.0. The Kier molecular flexibility index (Phi) is 5.78. The van der Waals surface area contributed by atoms with Crippen molar-refractivity contribution in [2.75, 3.05) is 13.1 Å². The Morgan fingerprint density at radius 3 is 2.56 bits per heavy atom. The summed E-state index contributed by atoms with van der Waals surface area (Å²) in [6.45, 7) is 9.42. The van der Waals surface area contributed by atoms with Crippen molar-refractivity contribution in [3.8, 4) is 0 Å². The van der Waals surface area contributed by atoms with Crippen molar-refractivity contribution in [2.45, 2.75) is 39.5 Å². The summed E-state index contributed by atoms with van der Waals surface area (Å²) in [7, 11) is -3.24. The van der Waals surface area contributed by atoms with Gasteiger partial charge in [-0.15, -0.1) is 11.3 Å². The Labute approximate surface area is 114 Å². The van der Waals surface area contributed by atoms with Gasteiger partial charge in [-0.1, -0.05) is 6.92 Å². The number of sulfonamides is 1. The predicted molar refractivity (Wildman–Crippen MR) is 77.6 cm³/mol. The first-order valence-corrected chi connectivity index (χ1v) is 8.48. The fourth-order valence-corrected chi connectivity index (χ4v) is 3.57. The first kappa shape index (κ1) is 15.6. The molecule has 2 N–H and O–H groups in total. The molecule has 1 aromatic rings. The third-order valence-electron chi connectivity index (χ3n) is 2.88. The molecule has 0 aliphatic heterocycles. The summed E-state index contributed by atoms with van der Waals surface area (Å²) in [5.41, 5.74) is 1.22. The van der Waals surface area contributed by atoms with E-state index in [0.717, 1.165) is 11.4 Å². The van der Waals surface area contributed by atoms with Crippen LogP contribution in [-0.4, -0.2) is 26.8 Å². The van der Waals surface area contributed by atoms with Crippen LogP contribution in [-0.2, 0) is 16.6 Å². The summed E-state index contributed by atoms with van der Waals surface area (Å²) in [6.07, 6.45) is 0. The van der Waals surface area contributed by atoms with E-state index in [1.54, 1.807) is 18.3 Å². The highest BCUT2D eigenvalue weighted by Crippen LogP contribution is 2.20. The van der Waals surface area contributed by atoms with Gasteiger partial charge in [-0.3, -0.25) is 0 Å². The van der Waals surface area contributed by atoms with Gasteiger partial charge in [-0.25, -0.2) is 13.1 Å². The van der Waals surface area contributed by atoms with Gasteiger partial charge in [0.2, 0.25) is 10.0 Å². The molecule has 0 bridgehead atoms. The zero-order valence-corrected chi connectivity index (χ0v) is 13.0. The van der Waals surface area contributed by atoms with Crippen LogP contribution in [0.1, 0.15) is 29.2 Å². The van der Waals surface area contributed by atoms with Crippen molar-refractivity contribution in [3.63, 3.8) is 0 Å². The lowest BCUT2D eigenvalue weighted by atomic mass is 10.3. The second kappa shape index (κ2) is 6.65. The van der Waals surface area contributed by atoms with Crippen LogP contribution in [0.25, 0.3) is 0 Å². The van der Waals surface area contributed by atoms with Gasteiger partial charge in [0.1, 0.15) is 0 Å². The van der Waals surface area contributed by atoms with Gasteiger partial charge in [0.25, 0.3) is 0 Å². The lowest BCUT2D eigenvalue weighted by Crippen LogP contribution is -2.38. The van der Waals surface area contributed by atoms with Crippen molar-refractivity contribution in [1.82, 2.24) is 10.0 Å². The van der Waals surface area contributed by atoms with Gasteiger partial charge in [0, 0.05) is 22.8 Å². The molecule has 0 aliphatic carbocycles. The normalized spacial score (nSPS) is 13.8. The molecule has 18 heavy (non-hydrogen) atoms. The topological polar surface area (TPSA) is 58.2 Å². The zero-order chi connectivity index (χ0) is 13.8. The molecule has 1 heterocycles. The summed E-state index contributed by atoms with van der Waals surface area (Å²) in [6, 6.07) is 2.04. The molecule has 0 aliphatic rings. The maximum atomic E-state index is 12.0. The monoisotopic (exact) mass is 290 g/mol. The second-order valence-electron chi connectivity index (χ2n) is 4.44. The molecule has 1 aromatic heterocycles. The molecular formula is C12H22N2O2S2. The highest BCUT2D eigenvalue weighted by atomic mass is 32.2. The van der Waals surface area contributed by atoms with Crippen molar-refractivity contribution < 1.29 is 8.42 Å². The standard InChI is InChI=1S/C12H22N2O2S2/c1-5-13-7-10(3)18(15,16)14-8-12-6-9(2)11(4)17-12/h6,10,13-14H,5,7-8H2,1-4H3. The van der Waals surface area contributed by atoms with Crippen LogP contribution in [0.15, 0.2) is 6.07 Å². The predicted octanol–water partition coefficient (Wildman–Crippen LogP) is 1.78. The zero-order valence-electron chi connectivity index (χ0n) is 11.4. The Balaban J connectivity index is 2.56. The Hall–Kier alpha value is -0.430. The Morgan fingerprint density at radius 2 is 2.06 bits per heavy atom. The van der Waals surface area contributed by atoms with Gasteiger partial charge in [-0.2, -0.15) is 0 Å². The van der Waals surface area contributed by atoms with E-state index in [0.29, 0.717) is 13.1 Å². The first-order chi connectivity index (χ1) is 8.36. The van der Waals surface area contributed by atoms with Crippen molar-refractivity contribution >= 4 is 21.4 Å². The lowest BCUT2D eigenvalue weighted by molar-refractivity contribution is 0.560. The number of thiophene rings is 1. The summed E-state index contributed by atoms with van der Waals surface area (Å²) < 4.78 is 26.6. The number of hydrogen-bond donors (Lipinski definition) is 2. The summed E-state index contributed by atoms with van der Waals surface area (Å²) in [4.78, 5) is 2.30. The Bertz CT molecular complexity index is 461. The number of rotatable bonds is 7. The van der Waals surface area contributed by atoms with E-state index in [2.05, 4.69) is 10.0 Å². The van der Waals surface area contributed by atoms with E-state index in [-0.39, 0.29) is 0 Å². The van der Waals surface area contributed by atoms with Gasteiger partial charge < -0.3 is 5.32 Å².